The highest BCUT2D eigenvalue weighted by atomic mass is 32.2. The Morgan fingerprint density at radius 2 is 2.12 bits per heavy atom. The van der Waals surface area contributed by atoms with E-state index in [0.29, 0.717) is 6.54 Å². The minimum atomic E-state index is -0.187. The highest BCUT2D eigenvalue weighted by Gasteiger charge is 2.05. The largest absolute Gasteiger partial charge is 0.356 e. The Kier molecular flexibility index (Phi) is 8.47. The van der Waals surface area contributed by atoms with Crippen molar-refractivity contribution in [3.63, 3.8) is 0 Å². The molecule has 0 aliphatic rings. The second-order valence-corrected chi connectivity index (χ2v) is 6.94. The number of rotatable bonds is 9. The summed E-state index contributed by atoms with van der Waals surface area (Å²) < 4.78 is 15.6. The van der Waals surface area contributed by atoms with Crippen molar-refractivity contribution in [1.29, 1.82) is 0 Å². The van der Waals surface area contributed by atoms with Gasteiger partial charge in [-0.2, -0.15) is 11.8 Å². The third kappa shape index (κ3) is 6.37. The van der Waals surface area contributed by atoms with Crippen LogP contribution in [-0.4, -0.2) is 35.4 Å². The normalized spacial score (nSPS) is 11.6. The van der Waals surface area contributed by atoms with Crippen LogP contribution in [0.25, 0.3) is 0 Å². The molecule has 0 fully saturated rings. The molecule has 0 amide bonds. The minimum absolute atomic E-state index is 0.187. The topological polar surface area (TPSA) is 54.2 Å². The molecule has 0 atom stereocenters. The predicted octanol–water partition coefficient (Wildman–Crippen LogP) is 3.34. The summed E-state index contributed by atoms with van der Waals surface area (Å²) in [6.07, 6.45) is 8.00. The second kappa shape index (κ2) is 10.9. The first-order valence-corrected chi connectivity index (χ1v) is 10.2. The molecule has 0 radical (unpaired) electrons. The van der Waals surface area contributed by atoms with Gasteiger partial charge in [0, 0.05) is 44.8 Å². The average molecular weight is 378 g/mol. The Hall–Kier alpha value is -2.02. The molecule has 0 bridgehead atoms. The zero-order valence-electron chi connectivity index (χ0n) is 15.8. The first kappa shape index (κ1) is 20.3. The van der Waals surface area contributed by atoms with Gasteiger partial charge in [-0.15, -0.1) is 0 Å². The summed E-state index contributed by atoms with van der Waals surface area (Å²) in [6.45, 7) is 4.48. The van der Waals surface area contributed by atoms with E-state index in [1.165, 1.54) is 6.07 Å². The monoisotopic (exact) mass is 377 g/mol. The lowest BCUT2D eigenvalue weighted by atomic mass is 10.1. The molecule has 5 nitrogen and oxygen atoms in total. The van der Waals surface area contributed by atoms with E-state index >= 15 is 0 Å². The zero-order chi connectivity index (χ0) is 18.8. The number of nitrogens with zero attached hydrogens (tertiary/aromatic N) is 3. The Morgan fingerprint density at radius 3 is 2.81 bits per heavy atom. The summed E-state index contributed by atoms with van der Waals surface area (Å²) >= 11 is 1.69. The van der Waals surface area contributed by atoms with E-state index in [0.717, 1.165) is 54.6 Å². The van der Waals surface area contributed by atoms with Crippen molar-refractivity contribution in [3.8, 4) is 0 Å². The number of aryl methyl sites for hydroxylation is 2. The number of aliphatic imine (C=N–C) groups is 1. The van der Waals surface area contributed by atoms with Gasteiger partial charge in [0.1, 0.15) is 11.6 Å². The molecule has 0 aliphatic carbocycles. The first-order chi connectivity index (χ1) is 12.6. The lowest BCUT2D eigenvalue weighted by Gasteiger charge is -2.14. The SMILES string of the molecule is CN=C(NCCCCn1ccnc1C)NCc1ccc(F)cc1CSC. The van der Waals surface area contributed by atoms with E-state index in [1.807, 2.05) is 31.6 Å². The van der Waals surface area contributed by atoms with Crippen molar-refractivity contribution < 1.29 is 4.39 Å². The van der Waals surface area contributed by atoms with Gasteiger partial charge < -0.3 is 15.2 Å². The van der Waals surface area contributed by atoms with Gasteiger partial charge in [-0.3, -0.25) is 4.99 Å². The van der Waals surface area contributed by atoms with E-state index in [9.17, 15) is 4.39 Å². The lowest BCUT2D eigenvalue weighted by Crippen LogP contribution is -2.37. The molecule has 2 rings (SSSR count). The Bertz CT molecular complexity index is 714. The summed E-state index contributed by atoms with van der Waals surface area (Å²) in [6, 6.07) is 4.96. The maximum atomic E-state index is 13.4. The molecule has 1 aromatic carbocycles. The van der Waals surface area contributed by atoms with Gasteiger partial charge in [-0.25, -0.2) is 9.37 Å². The van der Waals surface area contributed by atoms with E-state index in [1.54, 1.807) is 24.9 Å². The number of unbranched alkanes of at least 4 members (excludes halogenated alkanes) is 1. The fraction of sp³-hybridized carbons (Fsp3) is 0.474. The maximum absolute atomic E-state index is 13.4. The van der Waals surface area contributed by atoms with Gasteiger partial charge in [0.05, 0.1) is 0 Å². The molecule has 142 valence electrons. The summed E-state index contributed by atoms with van der Waals surface area (Å²) in [4.78, 5) is 8.49. The third-order valence-corrected chi connectivity index (χ3v) is 4.78. The molecule has 0 unspecified atom stereocenters. The van der Waals surface area contributed by atoms with E-state index < -0.39 is 0 Å². The van der Waals surface area contributed by atoms with Gasteiger partial charge in [0.2, 0.25) is 0 Å². The highest BCUT2D eigenvalue weighted by Crippen LogP contribution is 2.16. The summed E-state index contributed by atoms with van der Waals surface area (Å²) in [7, 11) is 1.76. The van der Waals surface area contributed by atoms with Gasteiger partial charge in [0.25, 0.3) is 0 Å². The van der Waals surface area contributed by atoms with Crippen LogP contribution in [0.3, 0.4) is 0 Å². The lowest BCUT2D eigenvalue weighted by molar-refractivity contribution is 0.588. The Morgan fingerprint density at radius 1 is 1.27 bits per heavy atom. The van der Waals surface area contributed by atoms with Crippen molar-refractivity contribution in [1.82, 2.24) is 20.2 Å². The standard InChI is InChI=1S/C19H28FN5S/c1-15-22-9-11-25(15)10-5-4-8-23-19(21-2)24-13-16-6-7-18(20)12-17(16)14-26-3/h6-7,9,11-12H,4-5,8,10,13-14H2,1-3H3,(H2,21,23,24). The minimum Gasteiger partial charge on any atom is -0.356 e. The molecular weight excluding hydrogens is 349 g/mol. The molecule has 2 N–H and O–H groups in total. The second-order valence-electron chi connectivity index (χ2n) is 6.07. The number of thioether (sulfide) groups is 1. The van der Waals surface area contributed by atoms with Crippen molar-refractivity contribution in [2.24, 2.45) is 4.99 Å². The smallest absolute Gasteiger partial charge is 0.191 e. The Labute approximate surface area is 159 Å². The number of halogens is 1. The van der Waals surface area contributed by atoms with Crippen LogP contribution in [0.5, 0.6) is 0 Å². The van der Waals surface area contributed by atoms with Crippen molar-refractivity contribution in [3.05, 3.63) is 53.4 Å². The van der Waals surface area contributed by atoms with E-state index in [-0.39, 0.29) is 5.82 Å². The zero-order valence-corrected chi connectivity index (χ0v) is 16.6. The van der Waals surface area contributed by atoms with Crippen LogP contribution in [-0.2, 0) is 18.8 Å². The summed E-state index contributed by atoms with van der Waals surface area (Å²) in [5.41, 5.74) is 2.12. The summed E-state index contributed by atoms with van der Waals surface area (Å²) in [5, 5.41) is 6.64. The van der Waals surface area contributed by atoms with Gasteiger partial charge in [-0.05, 0) is 49.3 Å². The van der Waals surface area contributed by atoms with Crippen LogP contribution in [0.4, 0.5) is 4.39 Å². The highest BCUT2D eigenvalue weighted by molar-refractivity contribution is 7.97. The van der Waals surface area contributed by atoms with Crippen LogP contribution in [0.1, 0.15) is 29.8 Å². The molecule has 1 aromatic heterocycles. The quantitative estimate of drug-likeness (QED) is 0.400. The number of nitrogens with one attached hydrogen (secondary N) is 2. The van der Waals surface area contributed by atoms with Crippen LogP contribution < -0.4 is 10.6 Å². The molecule has 1 heterocycles. The Balaban J connectivity index is 1.73. The number of aromatic nitrogens is 2. The number of imidazole rings is 1. The maximum Gasteiger partial charge on any atom is 0.191 e. The van der Waals surface area contributed by atoms with Crippen LogP contribution in [0.2, 0.25) is 0 Å². The average Bonchev–Trinajstić information content (AvgIpc) is 3.04. The first-order valence-electron chi connectivity index (χ1n) is 8.82. The summed E-state index contributed by atoms with van der Waals surface area (Å²) in [5.74, 6) is 2.43. The van der Waals surface area contributed by atoms with Crippen molar-refractivity contribution >= 4 is 17.7 Å². The molecule has 26 heavy (non-hydrogen) atoms. The number of hydrogen-bond acceptors (Lipinski definition) is 3. The fourth-order valence-electron chi connectivity index (χ4n) is 2.71. The molecule has 2 aromatic rings. The molecular formula is C19H28FN5S. The van der Waals surface area contributed by atoms with Crippen LogP contribution in [0.15, 0.2) is 35.6 Å². The fourth-order valence-corrected chi connectivity index (χ4v) is 3.29. The van der Waals surface area contributed by atoms with Crippen LogP contribution >= 0.6 is 11.8 Å². The number of hydrogen-bond donors (Lipinski definition) is 2. The van der Waals surface area contributed by atoms with Gasteiger partial charge >= 0.3 is 0 Å². The molecule has 0 saturated carbocycles. The number of benzene rings is 1. The molecule has 0 spiro atoms. The molecule has 7 heteroatoms. The molecule has 0 saturated heterocycles. The van der Waals surface area contributed by atoms with Gasteiger partial charge in [-0.1, -0.05) is 6.07 Å². The molecule has 0 aliphatic heterocycles. The third-order valence-electron chi connectivity index (χ3n) is 4.18. The van der Waals surface area contributed by atoms with E-state index in [4.69, 9.17) is 0 Å². The van der Waals surface area contributed by atoms with Crippen molar-refractivity contribution in [2.45, 2.75) is 38.6 Å². The van der Waals surface area contributed by atoms with Crippen LogP contribution in [0, 0.1) is 12.7 Å². The number of guanidine groups is 1. The predicted molar refractivity (Wildman–Crippen MR) is 108 cm³/mol. The van der Waals surface area contributed by atoms with E-state index in [2.05, 4.69) is 25.2 Å². The van der Waals surface area contributed by atoms with Gasteiger partial charge in [0.15, 0.2) is 5.96 Å². The van der Waals surface area contributed by atoms with Crippen molar-refractivity contribution in [2.75, 3.05) is 19.8 Å².